The summed E-state index contributed by atoms with van der Waals surface area (Å²) in [6.07, 6.45) is 5.12. The molecule has 106 valence electrons. The predicted octanol–water partition coefficient (Wildman–Crippen LogP) is 2.33. The van der Waals surface area contributed by atoms with Crippen molar-refractivity contribution >= 4 is 9.84 Å². The minimum absolute atomic E-state index is 0.154. The maximum absolute atomic E-state index is 11.3. The zero-order valence-corrected chi connectivity index (χ0v) is 12.3. The van der Waals surface area contributed by atoms with Crippen LogP contribution in [0.2, 0.25) is 0 Å². The van der Waals surface area contributed by atoms with Crippen LogP contribution in [0.15, 0.2) is 30.3 Å². The molecule has 1 aliphatic rings. The van der Waals surface area contributed by atoms with Crippen molar-refractivity contribution in [2.45, 2.75) is 37.6 Å². The molecule has 1 fully saturated rings. The Labute approximate surface area is 116 Å². The van der Waals surface area contributed by atoms with Crippen molar-refractivity contribution in [3.05, 3.63) is 35.9 Å². The lowest BCUT2D eigenvalue weighted by atomic mass is 9.74. The van der Waals surface area contributed by atoms with Gasteiger partial charge in [0.05, 0.1) is 5.75 Å². The van der Waals surface area contributed by atoms with Gasteiger partial charge in [-0.2, -0.15) is 0 Å². The fourth-order valence-electron chi connectivity index (χ4n) is 3.01. The summed E-state index contributed by atoms with van der Waals surface area (Å²) in [6.45, 7) is 0. The van der Waals surface area contributed by atoms with Gasteiger partial charge in [0.2, 0.25) is 0 Å². The van der Waals surface area contributed by atoms with Crippen LogP contribution < -0.4 is 5.73 Å². The maximum atomic E-state index is 11.3. The van der Waals surface area contributed by atoms with E-state index in [4.69, 9.17) is 5.73 Å². The highest BCUT2D eigenvalue weighted by Crippen LogP contribution is 2.37. The molecule has 3 atom stereocenters. The Morgan fingerprint density at radius 1 is 1.21 bits per heavy atom. The molecule has 0 bridgehead atoms. The second-order valence-corrected chi connectivity index (χ2v) is 8.02. The Balaban J connectivity index is 2.00. The quantitative estimate of drug-likeness (QED) is 0.921. The highest BCUT2D eigenvalue weighted by atomic mass is 32.2. The molecule has 3 nitrogen and oxygen atoms in total. The van der Waals surface area contributed by atoms with E-state index < -0.39 is 9.84 Å². The van der Waals surface area contributed by atoms with Gasteiger partial charge in [0.1, 0.15) is 9.84 Å². The number of hydrogen-bond donors (Lipinski definition) is 1. The van der Waals surface area contributed by atoms with Crippen LogP contribution in [0.3, 0.4) is 0 Å². The molecule has 1 aliphatic carbocycles. The van der Waals surface area contributed by atoms with Gasteiger partial charge in [-0.05, 0) is 43.1 Å². The molecule has 0 heterocycles. The molecule has 4 heteroatoms. The van der Waals surface area contributed by atoms with Crippen LogP contribution in [-0.2, 0) is 9.84 Å². The summed E-state index contributed by atoms with van der Waals surface area (Å²) in [4.78, 5) is 0. The Morgan fingerprint density at radius 3 is 2.53 bits per heavy atom. The summed E-state index contributed by atoms with van der Waals surface area (Å²) < 4.78 is 22.6. The zero-order chi connectivity index (χ0) is 13.9. The summed E-state index contributed by atoms with van der Waals surface area (Å²) in [5.74, 6) is 1.12. The Kier molecular flexibility index (Phi) is 4.63. The third kappa shape index (κ3) is 4.32. The normalized spacial score (nSPS) is 28.2. The summed E-state index contributed by atoms with van der Waals surface area (Å²) in [5.41, 5.74) is 7.51. The third-order valence-corrected chi connectivity index (χ3v) is 5.15. The van der Waals surface area contributed by atoms with Gasteiger partial charge in [-0.15, -0.1) is 0 Å². The van der Waals surface area contributed by atoms with Gasteiger partial charge in [-0.25, -0.2) is 8.42 Å². The fourth-order valence-corrected chi connectivity index (χ4v) is 3.74. The van der Waals surface area contributed by atoms with Gasteiger partial charge in [0, 0.05) is 12.3 Å². The maximum Gasteiger partial charge on any atom is 0.147 e. The Hall–Kier alpha value is -0.870. The van der Waals surface area contributed by atoms with Crippen LogP contribution in [0.25, 0.3) is 0 Å². The summed E-state index contributed by atoms with van der Waals surface area (Å²) >= 11 is 0. The molecule has 0 amide bonds. The predicted molar refractivity (Wildman–Crippen MR) is 78.8 cm³/mol. The molecule has 19 heavy (non-hydrogen) atoms. The molecule has 2 N–H and O–H groups in total. The highest BCUT2D eigenvalue weighted by Gasteiger charge is 2.29. The smallest absolute Gasteiger partial charge is 0.147 e. The second kappa shape index (κ2) is 6.06. The summed E-state index contributed by atoms with van der Waals surface area (Å²) in [5, 5.41) is 0. The van der Waals surface area contributed by atoms with Crippen molar-refractivity contribution in [1.82, 2.24) is 0 Å². The average molecular weight is 281 g/mol. The van der Waals surface area contributed by atoms with E-state index in [0.29, 0.717) is 18.3 Å². The minimum atomic E-state index is -2.88. The van der Waals surface area contributed by atoms with Crippen molar-refractivity contribution in [1.29, 1.82) is 0 Å². The van der Waals surface area contributed by atoms with E-state index in [0.717, 1.165) is 19.3 Å². The van der Waals surface area contributed by atoms with Gasteiger partial charge in [0.25, 0.3) is 0 Å². The first-order valence-electron chi connectivity index (χ1n) is 6.94. The van der Waals surface area contributed by atoms with Crippen molar-refractivity contribution in [3.8, 4) is 0 Å². The van der Waals surface area contributed by atoms with Crippen LogP contribution in [0.5, 0.6) is 0 Å². The monoisotopic (exact) mass is 281 g/mol. The minimum Gasteiger partial charge on any atom is -0.327 e. The molecular formula is C15H23NO2S. The van der Waals surface area contributed by atoms with Gasteiger partial charge in [-0.1, -0.05) is 30.3 Å². The number of hydrogen-bond acceptors (Lipinski definition) is 3. The Morgan fingerprint density at radius 2 is 1.89 bits per heavy atom. The average Bonchev–Trinajstić information content (AvgIpc) is 2.38. The second-order valence-electron chi connectivity index (χ2n) is 5.76. The summed E-state index contributed by atoms with van der Waals surface area (Å²) in [6, 6.07) is 10.6. The molecule has 2 rings (SSSR count). The lowest BCUT2D eigenvalue weighted by Gasteiger charge is -2.34. The van der Waals surface area contributed by atoms with E-state index in [-0.39, 0.29) is 11.8 Å². The van der Waals surface area contributed by atoms with Crippen LogP contribution in [0.1, 0.15) is 37.2 Å². The van der Waals surface area contributed by atoms with E-state index >= 15 is 0 Å². The molecular weight excluding hydrogens is 258 g/mol. The summed E-state index contributed by atoms with van der Waals surface area (Å²) in [7, 11) is -2.88. The zero-order valence-electron chi connectivity index (χ0n) is 11.5. The molecule has 0 radical (unpaired) electrons. The van der Waals surface area contributed by atoms with Crippen molar-refractivity contribution < 1.29 is 8.42 Å². The Bertz CT molecular complexity index is 498. The van der Waals surface area contributed by atoms with Gasteiger partial charge >= 0.3 is 0 Å². The first kappa shape index (κ1) is 14.5. The van der Waals surface area contributed by atoms with Crippen LogP contribution in [-0.4, -0.2) is 26.5 Å². The molecule has 0 saturated heterocycles. The number of nitrogens with two attached hydrogens (primary N) is 1. The first-order chi connectivity index (χ1) is 8.96. The topological polar surface area (TPSA) is 60.2 Å². The first-order valence-corrected chi connectivity index (χ1v) is 9.00. The van der Waals surface area contributed by atoms with E-state index in [1.807, 2.05) is 6.07 Å². The van der Waals surface area contributed by atoms with E-state index in [1.165, 1.54) is 11.8 Å². The molecule has 3 unspecified atom stereocenters. The van der Waals surface area contributed by atoms with Crippen molar-refractivity contribution in [2.24, 2.45) is 11.7 Å². The lowest BCUT2D eigenvalue weighted by molar-refractivity contribution is 0.272. The van der Waals surface area contributed by atoms with Gasteiger partial charge < -0.3 is 5.73 Å². The van der Waals surface area contributed by atoms with Crippen LogP contribution >= 0.6 is 0 Å². The van der Waals surface area contributed by atoms with Crippen LogP contribution in [0.4, 0.5) is 0 Å². The number of rotatable bonds is 4. The van der Waals surface area contributed by atoms with Crippen LogP contribution in [0, 0.1) is 5.92 Å². The van der Waals surface area contributed by atoms with E-state index in [9.17, 15) is 8.42 Å². The molecule has 1 saturated carbocycles. The van der Waals surface area contributed by atoms with E-state index in [2.05, 4.69) is 24.3 Å². The lowest BCUT2D eigenvalue weighted by Crippen LogP contribution is -2.36. The van der Waals surface area contributed by atoms with Gasteiger partial charge in [-0.3, -0.25) is 0 Å². The third-order valence-electron chi connectivity index (χ3n) is 4.17. The standard InChI is InChI=1S/C15H23NO2S/c1-19(17,18)10-9-14-11-13(7-8-15(14)16)12-5-3-2-4-6-12/h2-6,13-15H,7-11,16H2,1H3. The SMILES string of the molecule is CS(=O)(=O)CCC1CC(c2ccccc2)CCC1N. The molecule has 0 spiro atoms. The molecule has 0 aliphatic heterocycles. The molecule has 1 aromatic rings. The van der Waals surface area contributed by atoms with Crippen molar-refractivity contribution in [3.63, 3.8) is 0 Å². The highest BCUT2D eigenvalue weighted by molar-refractivity contribution is 7.90. The van der Waals surface area contributed by atoms with E-state index in [1.54, 1.807) is 0 Å². The molecule has 1 aromatic carbocycles. The fraction of sp³-hybridized carbons (Fsp3) is 0.600. The van der Waals surface area contributed by atoms with Gasteiger partial charge in [0.15, 0.2) is 0 Å². The largest absolute Gasteiger partial charge is 0.327 e. The number of sulfone groups is 1. The number of benzene rings is 1. The van der Waals surface area contributed by atoms with Crippen molar-refractivity contribution in [2.75, 3.05) is 12.0 Å². The molecule has 0 aromatic heterocycles.